The minimum Gasteiger partial charge on any atom is -0.384 e. The van der Waals surface area contributed by atoms with Crippen molar-refractivity contribution >= 4 is 33.2 Å². The zero-order valence-electron chi connectivity index (χ0n) is 12.7. The van der Waals surface area contributed by atoms with Gasteiger partial charge in [0.2, 0.25) is 10.0 Å². The van der Waals surface area contributed by atoms with Gasteiger partial charge in [-0.25, -0.2) is 13.1 Å². The van der Waals surface area contributed by atoms with Crippen LogP contribution in [0.15, 0.2) is 18.2 Å². The van der Waals surface area contributed by atoms with Crippen LogP contribution in [-0.4, -0.2) is 40.9 Å². The molecule has 1 saturated carbocycles. The first kappa shape index (κ1) is 17.5. The number of halogens is 2. The predicted octanol–water partition coefficient (Wildman–Crippen LogP) is 2.46. The fourth-order valence-electron chi connectivity index (χ4n) is 3.56. The van der Waals surface area contributed by atoms with Gasteiger partial charge in [0.1, 0.15) is 0 Å². The van der Waals surface area contributed by atoms with Crippen molar-refractivity contribution < 1.29 is 17.9 Å². The van der Waals surface area contributed by atoms with Gasteiger partial charge < -0.3 is 9.47 Å². The molecule has 1 aliphatic carbocycles. The fraction of sp³-hybridized carbons (Fsp3) is 0.600. The molecule has 8 heteroatoms. The topological polar surface area (TPSA) is 64.6 Å². The third-order valence-electron chi connectivity index (χ3n) is 4.48. The Morgan fingerprint density at radius 3 is 2.65 bits per heavy atom. The molecule has 0 unspecified atom stereocenters. The average Bonchev–Trinajstić information content (AvgIpc) is 2.85. The molecule has 2 fully saturated rings. The van der Waals surface area contributed by atoms with Crippen LogP contribution in [0.4, 0.5) is 0 Å². The van der Waals surface area contributed by atoms with Crippen molar-refractivity contribution in [3.05, 3.63) is 33.8 Å². The fourth-order valence-corrected chi connectivity index (χ4v) is 5.58. The summed E-state index contributed by atoms with van der Waals surface area (Å²) in [5.74, 6) is 0.139. The van der Waals surface area contributed by atoms with Crippen LogP contribution in [-0.2, 0) is 25.2 Å². The Balaban J connectivity index is 1.70. The van der Waals surface area contributed by atoms with Gasteiger partial charge in [-0.15, -0.1) is 0 Å². The highest BCUT2D eigenvalue weighted by molar-refractivity contribution is 7.88. The van der Waals surface area contributed by atoms with Gasteiger partial charge >= 0.3 is 0 Å². The Morgan fingerprint density at radius 2 is 2.00 bits per heavy atom. The van der Waals surface area contributed by atoms with E-state index in [4.69, 9.17) is 32.7 Å². The largest absolute Gasteiger partial charge is 0.384 e. The Labute approximate surface area is 146 Å². The summed E-state index contributed by atoms with van der Waals surface area (Å²) in [4.78, 5) is 0. The third-order valence-corrected chi connectivity index (χ3v) is 6.26. The number of nitrogens with one attached hydrogen (secondary N) is 1. The van der Waals surface area contributed by atoms with Crippen molar-refractivity contribution in [2.45, 2.75) is 24.3 Å². The molecule has 0 radical (unpaired) electrons. The van der Waals surface area contributed by atoms with Gasteiger partial charge in [-0.2, -0.15) is 0 Å². The molecule has 0 spiro atoms. The van der Waals surface area contributed by atoms with Crippen molar-refractivity contribution in [2.75, 3.05) is 20.3 Å². The second kappa shape index (κ2) is 6.86. The Kier molecular flexibility index (Phi) is 5.21. The highest BCUT2D eigenvalue weighted by atomic mass is 35.5. The lowest BCUT2D eigenvalue weighted by Crippen LogP contribution is -2.62. The van der Waals surface area contributed by atoms with Crippen molar-refractivity contribution in [3.63, 3.8) is 0 Å². The maximum absolute atomic E-state index is 12.5. The number of ether oxygens (including phenoxy) is 2. The second-order valence-corrected chi connectivity index (χ2v) is 8.71. The van der Waals surface area contributed by atoms with Gasteiger partial charge in [-0.1, -0.05) is 23.2 Å². The quantitative estimate of drug-likeness (QED) is 0.824. The van der Waals surface area contributed by atoms with E-state index in [1.165, 1.54) is 0 Å². The van der Waals surface area contributed by atoms with Crippen LogP contribution in [0, 0.1) is 11.8 Å². The SMILES string of the molecule is COC[C@@H]1[C@@H](NS(=O)(=O)Cc2cc(Cl)cc(Cl)c2)[C@@H]2CCO[C@H]12. The first-order valence-corrected chi connectivity index (χ1v) is 9.86. The van der Waals surface area contributed by atoms with Crippen LogP contribution in [0.1, 0.15) is 12.0 Å². The van der Waals surface area contributed by atoms with Crippen LogP contribution in [0.2, 0.25) is 10.0 Å². The summed E-state index contributed by atoms with van der Waals surface area (Å²) in [6, 6.07) is 4.67. The molecule has 3 rings (SSSR count). The maximum atomic E-state index is 12.5. The lowest BCUT2D eigenvalue weighted by molar-refractivity contribution is -0.0775. The van der Waals surface area contributed by atoms with Crippen LogP contribution in [0.25, 0.3) is 0 Å². The molecule has 1 aromatic carbocycles. The molecule has 1 saturated heterocycles. The zero-order chi connectivity index (χ0) is 16.6. The molecule has 23 heavy (non-hydrogen) atoms. The predicted molar refractivity (Wildman–Crippen MR) is 89.2 cm³/mol. The van der Waals surface area contributed by atoms with Crippen molar-refractivity contribution in [2.24, 2.45) is 11.8 Å². The summed E-state index contributed by atoms with van der Waals surface area (Å²) in [7, 11) is -1.88. The van der Waals surface area contributed by atoms with Crippen molar-refractivity contribution in [3.8, 4) is 0 Å². The summed E-state index contributed by atoms with van der Waals surface area (Å²) >= 11 is 11.9. The smallest absolute Gasteiger partial charge is 0.216 e. The van der Waals surface area contributed by atoms with E-state index < -0.39 is 10.0 Å². The molecule has 0 aromatic heterocycles. The summed E-state index contributed by atoms with van der Waals surface area (Å²) in [5, 5.41) is 0.848. The molecule has 1 heterocycles. The Hall–Kier alpha value is -0.370. The average molecular weight is 380 g/mol. The van der Waals surface area contributed by atoms with E-state index in [1.807, 2.05) is 0 Å². The lowest BCUT2D eigenvalue weighted by atomic mass is 9.68. The summed E-state index contributed by atoms with van der Waals surface area (Å²) in [5.41, 5.74) is 0.567. The van der Waals surface area contributed by atoms with Gasteiger partial charge in [0.25, 0.3) is 0 Å². The van der Waals surface area contributed by atoms with E-state index >= 15 is 0 Å². The number of benzene rings is 1. The monoisotopic (exact) mass is 379 g/mol. The summed E-state index contributed by atoms with van der Waals surface area (Å²) in [6.45, 7) is 1.16. The molecule has 1 aliphatic heterocycles. The first-order valence-electron chi connectivity index (χ1n) is 7.45. The van der Waals surface area contributed by atoms with E-state index in [9.17, 15) is 8.42 Å². The van der Waals surface area contributed by atoms with E-state index in [0.717, 1.165) is 6.42 Å². The van der Waals surface area contributed by atoms with Gasteiger partial charge in [-0.05, 0) is 30.2 Å². The Bertz CT molecular complexity index is 662. The molecular formula is C15H19Cl2NO4S. The normalized spacial score (nSPS) is 30.0. The second-order valence-electron chi connectivity index (χ2n) is 6.09. The molecule has 0 amide bonds. The molecule has 4 atom stereocenters. The van der Waals surface area contributed by atoms with E-state index in [2.05, 4.69) is 4.72 Å². The maximum Gasteiger partial charge on any atom is 0.216 e. The lowest BCUT2D eigenvalue weighted by Gasteiger charge is -2.47. The molecule has 128 valence electrons. The standard InChI is InChI=1S/C15H19Cl2NO4S/c1-21-7-13-14(12-2-3-22-15(12)13)18-23(19,20)8-9-4-10(16)6-11(17)5-9/h4-6,12-15,18H,2-3,7-8H2,1H3/t12-,13+,14-,15-/m0/s1. The van der Waals surface area contributed by atoms with Crippen molar-refractivity contribution in [1.29, 1.82) is 0 Å². The number of rotatable bonds is 6. The zero-order valence-corrected chi connectivity index (χ0v) is 15.0. The van der Waals surface area contributed by atoms with Crippen LogP contribution >= 0.6 is 23.2 Å². The number of sulfonamides is 1. The molecule has 5 nitrogen and oxygen atoms in total. The van der Waals surface area contributed by atoms with Gasteiger partial charge in [0.05, 0.1) is 18.5 Å². The first-order chi connectivity index (χ1) is 10.9. The van der Waals surface area contributed by atoms with Gasteiger partial charge in [0.15, 0.2) is 0 Å². The molecule has 2 aliphatic rings. The minimum atomic E-state index is -3.50. The number of methoxy groups -OCH3 is 1. The van der Waals surface area contributed by atoms with E-state index in [1.54, 1.807) is 25.3 Å². The number of fused-ring (bicyclic) bond motifs is 1. The molecule has 0 bridgehead atoms. The van der Waals surface area contributed by atoms with Crippen LogP contribution in [0.3, 0.4) is 0 Å². The number of hydrogen-bond acceptors (Lipinski definition) is 4. The van der Waals surface area contributed by atoms with Crippen molar-refractivity contribution in [1.82, 2.24) is 4.72 Å². The summed E-state index contributed by atoms with van der Waals surface area (Å²) < 4.78 is 38.6. The molecule has 1 aromatic rings. The molecular weight excluding hydrogens is 361 g/mol. The number of hydrogen-bond donors (Lipinski definition) is 1. The van der Waals surface area contributed by atoms with Crippen LogP contribution < -0.4 is 4.72 Å². The highest BCUT2D eigenvalue weighted by Gasteiger charge is 2.54. The minimum absolute atomic E-state index is 0.0604. The Morgan fingerprint density at radius 1 is 1.30 bits per heavy atom. The van der Waals surface area contributed by atoms with Crippen LogP contribution in [0.5, 0.6) is 0 Å². The van der Waals surface area contributed by atoms with Gasteiger partial charge in [-0.3, -0.25) is 0 Å². The summed E-state index contributed by atoms with van der Waals surface area (Å²) in [6.07, 6.45) is 0.976. The molecule has 1 N–H and O–H groups in total. The third kappa shape index (κ3) is 3.83. The van der Waals surface area contributed by atoms with Gasteiger partial charge in [0, 0.05) is 41.6 Å². The van der Waals surface area contributed by atoms with E-state index in [0.29, 0.717) is 28.8 Å². The van der Waals surface area contributed by atoms with E-state index in [-0.39, 0.29) is 29.7 Å². The highest BCUT2D eigenvalue weighted by Crippen LogP contribution is 2.44.